The van der Waals surface area contributed by atoms with Crippen molar-refractivity contribution < 1.29 is 4.79 Å². The summed E-state index contributed by atoms with van der Waals surface area (Å²) >= 11 is 1.56. The highest BCUT2D eigenvalue weighted by Gasteiger charge is 2.13. The Hall–Kier alpha value is -1.46. The summed E-state index contributed by atoms with van der Waals surface area (Å²) in [5.74, 6) is 0.264. The van der Waals surface area contributed by atoms with Crippen molar-refractivity contribution in [1.29, 1.82) is 0 Å². The first-order valence-corrected chi connectivity index (χ1v) is 6.83. The number of nitrogens with two attached hydrogens (primary N) is 1. The molecule has 0 saturated heterocycles. The van der Waals surface area contributed by atoms with Crippen molar-refractivity contribution in [3.8, 4) is 0 Å². The first-order valence-electron chi connectivity index (χ1n) is 5.95. The molecule has 1 atom stereocenters. The molecule has 1 amide bonds. The van der Waals surface area contributed by atoms with Gasteiger partial charge in [-0.05, 0) is 24.1 Å². The summed E-state index contributed by atoms with van der Waals surface area (Å²) in [7, 11) is 0. The van der Waals surface area contributed by atoms with Gasteiger partial charge in [-0.25, -0.2) is 4.98 Å². The van der Waals surface area contributed by atoms with E-state index in [1.807, 2.05) is 32.0 Å². The van der Waals surface area contributed by atoms with Crippen LogP contribution in [0.2, 0.25) is 0 Å². The highest BCUT2D eigenvalue weighted by atomic mass is 32.1. The average Bonchev–Trinajstić information content (AvgIpc) is 2.75. The number of carbonyl (C=O) groups excluding carboxylic acids is 1. The predicted molar refractivity (Wildman–Crippen MR) is 75.7 cm³/mol. The lowest BCUT2D eigenvalue weighted by Crippen LogP contribution is -2.31. The lowest BCUT2D eigenvalue weighted by Gasteiger charge is -2.14. The molecular formula is C13H17N3OS. The van der Waals surface area contributed by atoms with Crippen molar-refractivity contribution in [2.75, 3.05) is 5.32 Å². The van der Waals surface area contributed by atoms with Crippen LogP contribution >= 0.6 is 11.3 Å². The smallest absolute Gasteiger partial charge is 0.225 e. The summed E-state index contributed by atoms with van der Waals surface area (Å²) in [5.41, 5.74) is 9.43. The Morgan fingerprint density at radius 2 is 2.28 bits per heavy atom. The third-order valence-electron chi connectivity index (χ3n) is 2.89. The van der Waals surface area contributed by atoms with Gasteiger partial charge in [-0.1, -0.05) is 13.8 Å². The van der Waals surface area contributed by atoms with Gasteiger partial charge in [0.1, 0.15) is 0 Å². The molecule has 2 rings (SSSR count). The van der Waals surface area contributed by atoms with Crippen LogP contribution in [-0.4, -0.2) is 16.9 Å². The number of aromatic nitrogens is 1. The van der Waals surface area contributed by atoms with Crippen LogP contribution in [0.4, 0.5) is 5.69 Å². The maximum Gasteiger partial charge on any atom is 0.225 e. The van der Waals surface area contributed by atoms with Crippen LogP contribution in [0.5, 0.6) is 0 Å². The van der Waals surface area contributed by atoms with E-state index >= 15 is 0 Å². The minimum atomic E-state index is -0.0999. The van der Waals surface area contributed by atoms with E-state index in [1.165, 1.54) is 0 Å². The van der Waals surface area contributed by atoms with Crippen molar-refractivity contribution >= 4 is 33.1 Å². The quantitative estimate of drug-likeness (QED) is 0.891. The molecule has 0 bridgehead atoms. The second-order valence-electron chi connectivity index (χ2n) is 4.70. The molecule has 5 heteroatoms. The highest BCUT2D eigenvalue weighted by molar-refractivity contribution is 7.16. The van der Waals surface area contributed by atoms with E-state index in [2.05, 4.69) is 10.3 Å². The lowest BCUT2D eigenvalue weighted by molar-refractivity contribution is -0.116. The van der Waals surface area contributed by atoms with E-state index in [-0.39, 0.29) is 11.9 Å². The molecule has 2 aromatic rings. The minimum Gasteiger partial charge on any atom is -0.327 e. The molecule has 1 heterocycles. The molecular weight excluding hydrogens is 246 g/mol. The molecule has 0 fully saturated rings. The van der Waals surface area contributed by atoms with Gasteiger partial charge in [-0.2, -0.15) is 0 Å². The Kier molecular flexibility index (Phi) is 3.93. The van der Waals surface area contributed by atoms with Crippen LogP contribution < -0.4 is 11.1 Å². The van der Waals surface area contributed by atoms with Crippen molar-refractivity contribution in [2.24, 2.45) is 11.7 Å². The molecule has 1 unspecified atom stereocenters. The summed E-state index contributed by atoms with van der Waals surface area (Å²) in [6.45, 7) is 4.03. The largest absolute Gasteiger partial charge is 0.327 e. The van der Waals surface area contributed by atoms with Gasteiger partial charge in [0.25, 0.3) is 0 Å². The Balaban J connectivity index is 2.02. The Bertz CT molecular complexity index is 550. The molecule has 1 aromatic heterocycles. The molecule has 0 saturated carbocycles. The van der Waals surface area contributed by atoms with E-state index in [4.69, 9.17) is 5.73 Å². The van der Waals surface area contributed by atoms with E-state index in [1.54, 1.807) is 16.8 Å². The number of nitrogens with zero attached hydrogens (tertiary/aromatic N) is 1. The van der Waals surface area contributed by atoms with Crippen LogP contribution in [0.3, 0.4) is 0 Å². The summed E-state index contributed by atoms with van der Waals surface area (Å²) < 4.78 is 1.07. The molecule has 1 aromatic carbocycles. The average molecular weight is 263 g/mol. The summed E-state index contributed by atoms with van der Waals surface area (Å²) in [4.78, 5) is 16.0. The van der Waals surface area contributed by atoms with Crippen molar-refractivity contribution in [3.05, 3.63) is 23.7 Å². The molecule has 0 aliphatic heterocycles. The fourth-order valence-corrected chi connectivity index (χ4v) is 2.31. The topological polar surface area (TPSA) is 68.0 Å². The second kappa shape index (κ2) is 5.46. The van der Waals surface area contributed by atoms with Gasteiger partial charge in [0.15, 0.2) is 0 Å². The number of hydrogen-bond acceptors (Lipinski definition) is 4. The Morgan fingerprint density at radius 1 is 1.50 bits per heavy atom. The third-order valence-corrected chi connectivity index (χ3v) is 3.68. The van der Waals surface area contributed by atoms with E-state index in [0.29, 0.717) is 12.3 Å². The molecule has 0 aliphatic carbocycles. The predicted octanol–water partition coefficient (Wildman–Crippen LogP) is 2.61. The van der Waals surface area contributed by atoms with Gasteiger partial charge < -0.3 is 11.1 Å². The Labute approximate surface area is 110 Å². The number of nitrogens with one attached hydrogen (secondary N) is 1. The van der Waals surface area contributed by atoms with E-state index in [9.17, 15) is 4.79 Å². The maximum absolute atomic E-state index is 11.8. The van der Waals surface area contributed by atoms with Crippen LogP contribution in [0, 0.1) is 5.92 Å². The number of anilines is 1. The number of amides is 1. The van der Waals surface area contributed by atoms with E-state index < -0.39 is 0 Å². The summed E-state index contributed by atoms with van der Waals surface area (Å²) in [6.07, 6.45) is 0.346. The number of thiazole rings is 1. The zero-order chi connectivity index (χ0) is 13.1. The molecule has 0 aliphatic rings. The Morgan fingerprint density at radius 3 is 3.00 bits per heavy atom. The molecule has 3 N–H and O–H groups in total. The van der Waals surface area contributed by atoms with Crippen molar-refractivity contribution in [3.63, 3.8) is 0 Å². The zero-order valence-corrected chi connectivity index (χ0v) is 11.3. The molecule has 96 valence electrons. The number of fused-ring (bicyclic) bond motifs is 1. The van der Waals surface area contributed by atoms with Gasteiger partial charge in [0.05, 0.1) is 15.7 Å². The number of hydrogen-bond donors (Lipinski definition) is 2. The van der Waals surface area contributed by atoms with Gasteiger partial charge in [0.2, 0.25) is 5.91 Å². The SMILES string of the molecule is CC(C)C(N)CC(=O)Nc1ccc2ncsc2c1. The van der Waals surface area contributed by atoms with Gasteiger partial charge in [0, 0.05) is 18.2 Å². The van der Waals surface area contributed by atoms with Crippen LogP contribution in [0.15, 0.2) is 23.7 Å². The monoisotopic (exact) mass is 263 g/mol. The van der Waals surface area contributed by atoms with Crippen molar-refractivity contribution in [1.82, 2.24) is 4.98 Å². The zero-order valence-electron chi connectivity index (χ0n) is 10.5. The number of benzene rings is 1. The fraction of sp³-hybridized carbons (Fsp3) is 0.385. The fourth-order valence-electron chi connectivity index (χ4n) is 1.59. The second-order valence-corrected chi connectivity index (χ2v) is 5.58. The third kappa shape index (κ3) is 3.05. The highest BCUT2D eigenvalue weighted by Crippen LogP contribution is 2.22. The summed E-state index contributed by atoms with van der Waals surface area (Å²) in [6, 6.07) is 5.60. The van der Waals surface area contributed by atoms with Crippen molar-refractivity contribution in [2.45, 2.75) is 26.3 Å². The van der Waals surface area contributed by atoms with Gasteiger partial charge in [-0.3, -0.25) is 4.79 Å². The molecule has 0 spiro atoms. The number of rotatable bonds is 4. The first-order chi connectivity index (χ1) is 8.56. The minimum absolute atomic E-state index is 0.0416. The van der Waals surface area contributed by atoms with Crippen LogP contribution in [-0.2, 0) is 4.79 Å². The lowest BCUT2D eigenvalue weighted by atomic mass is 10.0. The molecule has 18 heavy (non-hydrogen) atoms. The van der Waals surface area contributed by atoms with Crippen LogP contribution in [0.25, 0.3) is 10.2 Å². The standard InChI is InChI=1S/C13H17N3OS/c1-8(2)10(14)6-13(17)16-9-3-4-11-12(5-9)18-7-15-11/h3-5,7-8,10H,6,14H2,1-2H3,(H,16,17). The number of carbonyl (C=O) groups is 1. The molecule has 4 nitrogen and oxygen atoms in total. The van der Waals surface area contributed by atoms with Gasteiger partial charge >= 0.3 is 0 Å². The maximum atomic E-state index is 11.8. The van der Waals surface area contributed by atoms with Crippen LogP contribution in [0.1, 0.15) is 20.3 Å². The first kappa shape index (κ1) is 13.0. The normalized spacial score (nSPS) is 12.9. The molecule has 0 radical (unpaired) electrons. The summed E-state index contributed by atoms with van der Waals surface area (Å²) in [5, 5.41) is 2.87. The van der Waals surface area contributed by atoms with E-state index in [0.717, 1.165) is 15.9 Å². The van der Waals surface area contributed by atoms with Gasteiger partial charge in [-0.15, -0.1) is 11.3 Å².